The van der Waals surface area contributed by atoms with Crippen LogP contribution in [0.5, 0.6) is 0 Å². The van der Waals surface area contributed by atoms with Crippen molar-refractivity contribution in [2.75, 3.05) is 25.9 Å². The van der Waals surface area contributed by atoms with Gasteiger partial charge in [0.05, 0.1) is 11.3 Å². The minimum atomic E-state index is -0.222. The summed E-state index contributed by atoms with van der Waals surface area (Å²) >= 11 is 1.40. The molecular weight excluding hydrogens is 236 g/mol. The molecule has 0 saturated carbocycles. The summed E-state index contributed by atoms with van der Waals surface area (Å²) in [5.74, 6) is 0.0282. The first-order valence-electron chi connectivity index (χ1n) is 5.73. The van der Waals surface area contributed by atoms with Gasteiger partial charge in [-0.15, -0.1) is 11.3 Å². The van der Waals surface area contributed by atoms with Crippen molar-refractivity contribution in [3.63, 3.8) is 0 Å². The van der Waals surface area contributed by atoms with E-state index in [2.05, 4.69) is 0 Å². The first-order valence-corrected chi connectivity index (χ1v) is 6.61. The number of nitrogens with zero attached hydrogens (tertiary/aromatic N) is 1. The summed E-state index contributed by atoms with van der Waals surface area (Å²) in [5, 5.41) is 1.85. The van der Waals surface area contributed by atoms with Gasteiger partial charge < -0.3 is 15.4 Å². The fraction of sp³-hybridized carbons (Fsp3) is 0.583. The van der Waals surface area contributed by atoms with Gasteiger partial charge in [-0.3, -0.25) is 4.79 Å². The highest BCUT2D eigenvalue weighted by molar-refractivity contribution is 7.12. The van der Waals surface area contributed by atoms with Crippen LogP contribution in [-0.2, 0) is 4.74 Å². The zero-order valence-corrected chi connectivity index (χ0v) is 11.0. The maximum Gasteiger partial charge on any atom is 0.266 e. The van der Waals surface area contributed by atoms with Gasteiger partial charge in [-0.25, -0.2) is 0 Å². The van der Waals surface area contributed by atoms with Crippen LogP contribution >= 0.6 is 11.3 Å². The van der Waals surface area contributed by atoms with Crippen molar-refractivity contribution in [2.45, 2.75) is 25.4 Å². The number of thiophene rings is 1. The molecule has 0 spiro atoms. The molecule has 1 fully saturated rings. The molecule has 17 heavy (non-hydrogen) atoms. The summed E-state index contributed by atoms with van der Waals surface area (Å²) in [5.41, 5.74) is 6.13. The number of carbonyl (C=O) groups excluding carboxylic acids is 1. The lowest BCUT2D eigenvalue weighted by Crippen LogP contribution is -2.49. The molecule has 1 atom stereocenters. The van der Waals surface area contributed by atoms with Crippen LogP contribution in [0.1, 0.15) is 29.4 Å². The lowest BCUT2D eigenvalue weighted by molar-refractivity contribution is -0.0438. The monoisotopic (exact) mass is 254 g/mol. The van der Waals surface area contributed by atoms with E-state index in [1.165, 1.54) is 11.3 Å². The highest BCUT2D eigenvalue weighted by atomic mass is 32.1. The van der Waals surface area contributed by atoms with Crippen LogP contribution in [0.3, 0.4) is 0 Å². The van der Waals surface area contributed by atoms with Crippen molar-refractivity contribution in [3.8, 4) is 0 Å². The molecule has 1 amide bonds. The Morgan fingerprint density at radius 2 is 2.41 bits per heavy atom. The second-order valence-corrected chi connectivity index (χ2v) is 5.61. The van der Waals surface area contributed by atoms with Crippen molar-refractivity contribution >= 4 is 22.9 Å². The van der Waals surface area contributed by atoms with E-state index in [1.807, 2.05) is 17.2 Å². The number of carbonyl (C=O) groups is 1. The second-order valence-electron chi connectivity index (χ2n) is 4.69. The van der Waals surface area contributed by atoms with E-state index in [0.717, 1.165) is 19.4 Å². The van der Waals surface area contributed by atoms with Gasteiger partial charge in [-0.05, 0) is 31.2 Å². The lowest BCUT2D eigenvalue weighted by atomic mass is 9.94. The standard InChI is InChI=1S/C12H18N2O2S/c1-12(16-2)5-3-6-14(8-12)11(15)10-9(13)4-7-17-10/h4,7H,3,5-6,8,13H2,1-2H3. The van der Waals surface area contributed by atoms with Gasteiger partial charge in [0.15, 0.2) is 0 Å². The predicted octanol–water partition coefficient (Wildman–Crippen LogP) is 1.97. The predicted molar refractivity (Wildman–Crippen MR) is 69.3 cm³/mol. The number of nitrogens with two attached hydrogens (primary N) is 1. The van der Waals surface area contributed by atoms with Crippen LogP contribution in [0.25, 0.3) is 0 Å². The third kappa shape index (κ3) is 2.45. The van der Waals surface area contributed by atoms with Gasteiger partial charge in [0, 0.05) is 20.2 Å². The van der Waals surface area contributed by atoms with Crippen molar-refractivity contribution < 1.29 is 9.53 Å². The molecule has 1 aromatic rings. The first-order chi connectivity index (χ1) is 8.06. The van der Waals surface area contributed by atoms with Crippen molar-refractivity contribution in [1.29, 1.82) is 0 Å². The molecule has 1 aliphatic heterocycles. The molecule has 0 aliphatic carbocycles. The van der Waals surface area contributed by atoms with Crippen LogP contribution in [0.15, 0.2) is 11.4 Å². The van der Waals surface area contributed by atoms with Gasteiger partial charge in [0.25, 0.3) is 5.91 Å². The van der Waals surface area contributed by atoms with Crippen molar-refractivity contribution in [2.24, 2.45) is 0 Å². The summed E-state index contributed by atoms with van der Waals surface area (Å²) in [6.07, 6.45) is 1.97. The molecule has 4 nitrogen and oxygen atoms in total. The Labute approximate surface area is 105 Å². The normalized spacial score (nSPS) is 24.9. The summed E-state index contributed by atoms with van der Waals surface area (Å²) < 4.78 is 5.48. The zero-order valence-electron chi connectivity index (χ0n) is 10.2. The quantitative estimate of drug-likeness (QED) is 0.878. The topological polar surface area (TPSA) is 55.6 Å². The molecule has 94 valence electrons. The number of methoxy groups -OCH3 is 1. The Kier molecular flexibility index (Phi) is 3.40. The van der Waals surface area contributed by atoms with Gasteiger partial charge in [0.1, 0.15) is 4.88 Å². The zero-order chi connectivity index (χ0) is 12.5. The number of ether oxygens (including phenoxy) is 1. The van der Waals surface area contributed by atoms with E-state index in [9.17, 15) is 4.79 Å². The maximum atomic E-state index is 12.3. The van der Waals surface area contributed by atoms with Crippen LogP contribution < -0.4 is 5.73 Å². The van der Waals surface area contributed by atoms with Gasteiger partial charge >= 0.3 is 0 Å². The largest absolute Gasteiger partial charge is 0.397 e. The molecule has 1 aromatic heterocycles. The van der Waals surface area contributed by atoms with Crippen molar-refractivity contribution in [3.05, 3.63) is 16.3 Å². The molecule has 0 radical (unpaired) electrons. The Bertz CT molecular complexity index is 418. The molecule has 5 heteroatoms. The van der Waals surface area contributed by atoms with E-state index in [1.54, 1.807) is 13.2 Å². The third-order valence-corrected chi connectivity index (χ3v) is 4.25. The number of hydrogen-bond acceptors (Lipinski definition) is 4. The van der Waals surface area contributed by atoms with Crippen LogP contribution in [0.4, 0.5) is 5.69 Å². The van der Waals surface area contributed by atoms with Crippen LogP contribution in [0.2, 0.25) is 0 Å². The van der Waals surface area contributed by atoms with E-state index < -0.39 is 0 Å². The number of anilines is 1. The molecule has 0 aromatic carbocycles. The summed E-state index contributed by atoms with van der Waals surface area (Å²) in [7, 11) is 1.70. The molecule has 2 rings (SSSR count). The molecule has 2 N–H and O–H groups in total. The Morgan fingerprint density at radius 1 is 1.65 bits per heavy atom. The highest BCUT2D eigenvalue weighted by Gasteiger charge is 2.34. The third-order valence-electron chi connectivity index (χ3n) is 3.33. The molecule has 1 saturated heterocycles. The molecule has 1 unspecified atom stereocenters. The van der Waals surface area contributed by atoms with E-state index in [4.69, 9.17) is 10.5 Å². The minimum Gasteiger partial charge on any atom is -0.397 e. The van der Waals surface area contributed by atoms with E-state index in [-0.39, 0.29) is 11.5 Å². The average Bonchev–Trinajstić information content (AvgIpc) is 2.75. The van der Waals surface area contributed by atoms with Gasteiger partial charge in [-0.2, -0.15) is 0 Å². The second kappa shape index (κ2) is 4.66. The lowest BCUT2D eigenvalue weighted by Gasteiger charge is -2.39. The average molecular weight is 254 g/mol. The number of amides is 1. The number of piperidine rings is 1. The minimum absolute atomic E-state index is 0.0282. The van der Waals surface area contributed by atoms with Gasteiger partial charge in [0.2, 0.25) is 0 Å². The first kappa shape index (κ1) is 12.4. The number of likely N-dealkylation sites (tertiary alicyclic amines) is 1. The van der Waals surface area contributed by atoms with Crippen LogP contribution in [-0.4, -0.2) is 36.6 Å². The summed E-state index contributed by atoms with van der Waals surface area (Å²) in [4.78, 5) is 14.8. The maximum absolute atomic E-state index is 12.3. The molecule has 0 bridgehead atoms. The van der Waals surface area contributed by atoms with E-state index >= 15 is 0 Å². The molecule has 1 aliphatic rings. The van der Waals surface area contributed by atoms with E-state index in [0.29, 0.717) is 17.1 Å². The highest BCUT2D eigenvalue weighted by Crippen LogP contribution is 2.27. The summed E-state index contributed by atoms with van der Waals surface area (Å²) in [6.45, 7) is 3.47. The number of hydrogen-bond donors (Lipinski definition) is 1. The smallest absolute Gasteiger partial charge is 0.266 e. The number of nitrogen functional groups attached to an aromatic ring is 1. The fourth-order valence-corrected chi connectivity index (χ4v) is 2.97. The fourth-order valence-electron chi connectivity index (χ4n) is 2.18. The van der Waals surface area contributed by atoms with Crippen LogP contribution in [0, 0.1) is 0 Å². The SMILES string of the molecule is COC1(C)CCCN(C(=O)c2sccc2N)C1. The molecule has 2 heterocycles. The Morgan fingerprint density at radius 3 is 3.00 bits per heavy atom. The summed E-state index contributed by atoms with van der Waals surface area (Å²) in [6, 6.07) is 1.78. The Balaban J connectivity index is 2.13. The molecular formula is C12H18N2O2S. The van der Waals surface area contributed by atoms with Crippen molar-refractivity contribution in [1.82, 2.24) is 4.90 Å². The van der Waals surface area contributed by atoms with Gasteiger partial charge in [-0.1, -0.05) is 0 Å². The Hall–Kier alpha value is -1.07. The number of rotatable bonds is 2.